The van der Waals surface area contributed by atoms with Gasteiger partial charge in [0.2, 0.25) is 5.91 Å². The van der Waals surface area contributed by atoms with Crippen LogP contribution < -0.4 is 0 Å². The molecular weight excluding hydrogens is 240 g/mol. The van der Waals surface area contributed by atoms with E-state index in [1.165, 1.54) is 19.3 Å². The number of carbonyl (C=O) groups is 1. The van der Waals surface area contributed by atoms with Gasteiger partial charge in [-0.3, -0.25) is 9.69 Å². The SMILES string of the molecule is CC.CCOCC1CN(C(=O)CN2CCCCC2)C1. The molecule has 4 nitrogen and oxygen atoms in total. The Morgan fingerprint density at radius 3 is 2.37 bits per heavy atom. The van der Waals surface area contributed by atoms with E-state index in [1.807, 2.05) is 25.7 Å². The normalized spacial score (nSPS) is 20.5. The molecule has 0 bridgehead atoms. The van der Waals surface area contributed by atoms with Crippen LogP contribution in [0.4, 0.5) is 0 Å². The Hall–Kier alpha value is -0.610. The van der Waals surface area contributed by atoms with Crippen molar-refractivity contribution in [3.05, 3.63) is 0 Å². The van der Waals surface area contributed by atoms with Crippen LogP contribution in [-0.2, 0) is 9.53 Å². The molecule has 1 amide bonds. The number of piperidine rings is 1. The molecule has 2 rings (SSSR count). The van der Waals surface area contributed by atoms with Gasteiger partial charge in [-0.15, -0.1) is 0 Å². The van der Waals surface area contributed by atoms with Crippen LogP contribution in [0.1, 0.15) is 40.0 Å². The highest BCUT2D eigenvalue weighted by molar-refractivity contribution is 5.79. The number of likely N-dealkylation sites (tertiary alicyclic amines) is 2. The third kappa shape index (κ3) is 5.49. The quantitative estimate of drug-likeness (QED) is 0.766. The van der Waals surface area contributed by atoms with Gasteiger partial charge in [-0.2, -0.15) is 0 Å². The number of rotatable bonds is 5. The largest absolute Gasteiger partial charge is 0.381 e. The summed E-state index contributed by atoms with van der Waals surface area (Å²) in [7, 11) is 0. The first kappa shape index (κ1) is 16.4. The zero-order valence-corrected chi connectivity index (χ0v) is 12.9. The van der Waals surface area contributed by atoms with Crippen LogP contribution in [0, 0.1) is 5.92 Å². The van der Waals surface area contributed by atoms with Crippen LogP contribution in [-0.4, -0.2) is 61.6 Å². The molecule has 0 spiro atoms. The second-order valence-corrected chi connectivity index (χ2v) is 5.16. The van der Waals surface area contributed by atoms with Crippen LogP contribution >= 0.6 is 0 Å². The minimum atomic E-state index is 0.305. The minimum Gasteiger partial charge on any atom is -0.381 e. The molecule has 0 aromatic carbocycles. The number of ether oxygens (including phenoxy) is 1. The lowest BCUT2D eigenvalue weighted by atomic mass is 10.0. The number of hydrogen-bond acceptors (Lipinski definition) is 3. The lowest BCUT2D eigenvalue weighted by Crippen LogP contribution is -2.54. The van der Waals surface area contributed by atoms with E-state index in [2.05, 4.69) is 4.90 Å². The Bertz CT molecular complexity index is 247. The predicted molar refractivity (Wildman–Crippen MR) is 78.2 cm³/mol. The summed E-state index contributed by atoms with van der Waals surface area (Å²) in [5.41, 5.74) is 0. The average molecular weight is 270 g/mol. The van der Waals surface area contributed by atoms with Crippen LogP contribution in [0.2, 0.25) is 0 Å². The second-order valence-electron chi connectivity index (χ2n) is 5.16. The molecule has 0 aliphatic carbocycles. The van der Waals surface area contributed by atoms with Crippen molar-refractivity contribution < 1.29 is 9.53 Å². The van der Waals surface area contributed by atoms with E-state index in [4.69, 9.17) is 4.74 Å². The third-order valence-electron chi connectivity index (χ3n) is 3.68. The molecular formula is C15H30N2O2. The number of hydrogen-bond donors (Lipinski definition) is 0. The van der Waals surface area contributed by atoms with Gasteiger partial charge in [0.05, 0.1) is 13.2 Å². The Kier molecular flexibility index (Phi) is 8.07. The first-order chi connectivity index (χ1) is 9.29. The van der Waals surface area contributed by atoms with Crippen LogP contribution in [0.5, 0.6) is 0 Å². The van der Waals surface area contributed by atoms with E-state index in [9.17, 15) is 4.79 Å². The first-order valence-electron chi connectivity index (χ1n) is 7.87. The van der Waals surface area contributed by atoms with Crippen molar-refractivity contribution in [3.8, 4) is 0 Å². The molecule has 112 valence electrons. The van der Waals surface area contributed by atoms with Gasteiger partial charge in [0.15, 0.2) is 0 Å². The number of nitrogens with zero attached hydrogens (tertiary/aromatic N) is 2. The first-order valence-corrected chi connectivity index (χ1v) is 7.87. The van der Waals surface area contributed by atoms with Crippen molar-refractivity contribution in [3.63, 3.8) is 0 Å². The maximum atomic E-state index is 12.0. The highest BCUT2D eigenvalue weighted by Gasteiger charge is 2.31. The zero-order valence-electron chi connectivity index (χ0n) is 12.9. The van der Waals surface area contributed by atoms with Gasteiger partial charge < -0.3 is 9.64 Å². The van der Waals surface area contributed by atoms with Gasteiger partial charge in [-0.05, 0) is 32.9 Å². The summed E-state index contributed by atoms with van der Waals surface area (Å²) >= 11 is 0. The van der Waals surface area contributed by atoms with Crippen LogP contribution in [0.3, 0.4) is 0 Å². The lowest BCUT2D eigenvalue weighted by molar-refractivity contribution is -0.140. The summed E-state index contributed by atoms with van der Waals surface area (Å²) in [6.07, 6.45) is 3.82. The molecule has 0 atom stereocenters. The van der Waals surface area contributed by atoms with Crippen molar-refractivity contribution in [1.29, 1.82) is 0 Å². The molecule has 4 heteroatoms. The molecule has 0 radical (unpaired) electrons. The summed E-state index contributed by atoms with van der Waals surface area (Å²) in [5.74, 6) is 0.875. The molecule has 0 aromatic rings. The maximum Gasteiger partial charge on any atom is 0.236 e. The highest BCUT2D eigenvalue weighted by Crippen LogP contribution is 2.17. The topological polar surface area (TPSA) is 32.8 Å². The fraction of sp³-hybridized carbons (Fsp3) is 0.933. The standard InChI is InChI=1S/C13H24N2O2.C2H6/c1-2-17-11-12-8-15(9-12)13(16)10-14-6-4-3-5-7-14;1-2/h12H,2-11H2,1H3;1-2H3. The summed E-state index contributed by atoms with van der Waals surface area (Å²) in [6.45, 7) is 12.2. The summed E-state index contributed by atoms with van der Waals surface area (Å²) in [5, 5.41) is 0. The molecule has 0 unspecified atom stereocenters. The van der Waals surface area contributed by atoms with Gasteiger partial charge in [0.1, 0.15) is 0 Å². The Balaban J connectivity index is 0.000000861. The van der Waals surface area contributed by atoms with Crippen molar-refractivity contribution in [2.24, 2.45) is 5.92 Å². The molecule has 2 saturated heterocycles. The van der Waals surface area contributed by atoms with E-state index in [-0.39, 0.29) is 0 Å². The Labute approximate surface area is 118 Å². The van der Waals surface area contributed by atoms with E-state index in [0.29, 0.717) is 18.4 Å². The third-order valence-corrected chi connectivity index (χ3v) is 3.68. The zero-order chi connectivity index (χ0) is 14.1. The van der Waals surface area contributed by atoms with E-state index < -0.39 is 0 Å². The van der Waals surface area contributed by atoms with E-state index >= 15 is 0 Å². The summed E-state index contributed by atoms with van der Waals surface area (Å²) in [4.78, 5) is 16.2. The van der Waals surface area contributed by atoms with Crippen molar-refractivity contribution >= 4 is 5.91 Å². The number of carbonyl (C=O) groups excluding carboxylic acids is 1. The van der Waals surface area contributed by atoms with Gasteiger partial charge in [-0.1, -0.05) is 20.3 Å². The van der Waals surface area contributed by atoms with Crippen LogP contribution in [0.15, 0.2) is 0 Å². The summed E-state index contributed by atoms with van der Waals surface area (Å²) < 4.78 is 5.37. The fourth-order valence-corrected chi connectivity index (χ4v) is 2.57. The van der Waals surface area contributed by atoms with Gasteiger partial charge in [0.25, 0.3) is 0 Å². The van der Waals surface area contributed by atoms with Crippen molar-refractivity contribution in [1.82, 2.24) is 9.80 Å². The Morgan fingerprint density at radius 2 is 1.79 bits per heavy atom. The highest BCUT2D eigenvalue weighted by atomic mass is 16.5. The maximum absolute atomic E-state index is 12.0. The molecule has 2 aliphatic heterocycles. The average Bonchev–Trinajstić information content (AvgIpc) is 2.40. The van der Waals surface area contributed by atoms with Gasteiger partial charge in [-0.25, -0.2) is 0 Å². The smallest absolute Gasteiger partial charge is 0.236 e. The van der Waals surface area contributed by atoms with E-state index in [0.717, 1.165) is 39.4 Å². The van der Waals surface area contributed by atoms with E-state index in [1.54, 1.807) is 0 Å². The molecule has 2 fully saturated rings. The minimum absolute atomic E-state index is 0.305. The molecule has 0 N–H and O–H groups in total. The molecule has 2 aliphatic rings. The number of amides is 1. The summed E-state index contributed by atoms with van der Waals surface area (Å²) in [6, 6.07) is 0. The van der Waals surface area contributed by atoms with Crippen LogP contribution in [0.25, 0.3) is 0 Å². The fourth-order valence-electron chi connectivity index (χ4n) is 2.57. The molecule has 19 heavy (non-hydrogen) atoms. The molecule has 0 aromatic heterocycles. The van der Waals surface area contributed by atoms with Crippen molar-refractivity contribution in [2.45, 2.75) is 40.0 Å². The van der Waals surface area contributed by atoms with Gasteiger partial charge >= 0.3 is 0 Å². The Morgan fingerprint density at radius 1 is 1.16 bits per heavy atom. The van der Waals surface area contributed by atoms with Gasteiger partial charge in [0, 0.05) is 25.6 Å². The monoisotopic (exact) mass is 270 g/mol. The molecule has 2 heterocycles. The second kappa shape index (κ2) is 9.32. The van der Waals surface area contributed by atoms with Crippen molar-refractivity contribution in [2.75, 3.05) is 45.9 Å². The molecule has 0 saturated carbocycles. The lowest BCUT2D eigenvalue weighted by Gasteiger charge is -2.40. The predicted octanol–water partition coefficient (Wildman–Crippen LogP) is 1.99.